The summed E-state index contributed by atoms with van der Waals surface area (Å²) in [6, 6.07) is 131. The quantitative estimate of drug-likeness (QED) is 0.151. The lowest BCUT2D eigenvalue weighted by molar-refractivity contribution is 0.123. The number of fused-ring (bicyclic) bond motifs is 39. The highest BCUT2D eigenvalue weighted by Crippen LogP contribution is 2.68. The fourth-order valence-corrected chi connectivity index (χ4v) is 27.6. The van der Waals surface area contributed by atoms with Crippen molar-refractivity contribution in [2.24, 2.45) is 0 Å². The lowest BCUT2D eigenvalue weighted by atomic mass is 9.72. The third-order valence-electron chi connectivity index (χ3n) is 27.6. The summed E-state index contributed by atoms with van der Waals surface area (Å²) in [4.78, 5) is 0. The van der Waals surface area contributed by atoms with Gasteiger partial charge in [0, 0.05) is 133 Å². The molecule has 0 saturated carbocycles. The van der Waals surface area contributed by atoms with Crippen LogP contribution in [0.5, 0.6) is 17.2 Å². The summed E-state index contributed by atoms with van der Waals surface area (Å²) in [5.74, 6) is 4.65. The molecule has 3 aliphatic heterocycles. The number of para-hydroxylation sites is 5. The zero-order chi connectivity index (χ0) is 85.0. The molecule has 0 amide bonds. The molecule has 10 heterocycles. The Kier molecular flexibility index (Phi) is 18.6. The Bertz CT molecular complexity index is 8010. The Balaban J connectivity index is 0.0000000836. The fourth-order valence-electron chi connectivity index (χ4n) is 21.9. The van der Waals surface area contributed by atoms with Crippen LogP contribution in [0.25, 0.3) is 145 Å². The van der Waals surface area contributed by atoms with Crippen LogP contribution in [0.2, 0.25) is 0 Å². The van der Waals surface area contributed by atoms with E-state index in [-0.39, 0.29) is 34.6 Å². The molecule has 3 aliphatic carbocycles. The highest BCUT2D eigenvalue weighted by atomic mass is 32.1. The number of furan rings is 2. The summed E-state index contributed by atoms with van der Waals surface area (Å²) < 4.78 is 42.4. The van der Waals surface area contributed by atoms with Gasteiger partial charge in [0.1, 0.15) is 40.1 Å². The molecule has 6 unspecified atom stereocenters. The molecular weight excluding hydrogens is 1650 g/mol. The van der Waals surface area contributed by atoms with Crippen molar-refractivity contribution in [3.8, 4) is 17.2 Å². The number of benzene rings is 17. The van der Waals surface area contributed by atoms with Gasteiger partial charge < -0.3 is 23.0 Å². The summed E-state index contributed by atoms with van der Waals surface area (Å²) >= 11 is 9.31. The summed E-state index contributed by atoms with van der Waals surface area (Å²) in [7, 11) is 0. The zero-order valence-electron chi connectivity index (χ0n) is 70.8. The van der Waals surface area contributed by atoms with Gasteiger partial charge in [0.2, 0.25) is 0 Å². The number of hydrogen-bond acceptors (Lipinski definition) is 10. The van der Waals surface area contributed by atoms with Gasteiger partial charge in [-0.2, -0.15) is 0 Å². The van der Waals surface area contributed by atoms with E-state index in [1.165, 1.54) is 140 Å². The minimum atomic E-state index is 0.0357. The first-order valence-corrected chi connectivity index (χ1v) is 48.0. The molecule has 17 aromatic carbocycles. The minimum absolute atomic E-state index is 0.0357. The van der Waals surface area contributed by atoms with Crippen LogP contribution in [0.1, 0.15) is 128 Å². The molecule has 0 bridgehead atoms. The zero-order valence-corrected chi connectivity index (χ0v) is 74.9. The van der Waals surface area contributed by atoms with Gasteiger partial charge in [0.05, 0.1) is 14.1 Å². The lowest BCUT2D eigenvalue weighted by Gasteiger charge is -2.31. The van der Waals surface area contributed by atoms with Gasteiger partial charge in [-0.1, -0.05) is 327 Å². The van der Waals surface area contributed by atoms with E-state index in [2.05, 4.69) is 356 Å². The molecule has 0 fully saturated rings. The summed E-state index contributed by atoms with van der Waals surface area (Å²) in [5.41, 5.74) is 17.3. The SMILES string of the molecule is CC1(C)c2ccccc2C2C1c1ccccc1C2(C)C.CC1(C)c2ccccc2C2Oc3ccccc3C21.c1ccc2c(c1)OC1c3ccccc3OC21.c1ccc2c(c1)oc1c2ccc2c3ccccc3sc21.c1ccc2c(c1)oc1cc3c(cc12)sc1ccccc13.c1ccc2c(c1)sc1c3sc4ccccc4c3c3ccccc3c21.c1ccc2sccc2c1. The van der Waals surface area contributed by atoms with Crippen LogP contribution in [-0.2, 0) is 16.2 Å². The fraction of sp³-hybridized carbons (Fsp3) is 0.128. The van der Waals surface area contributed by atoms with Crippen molar-refractivity contribution in [1.82, 2.24) is 0 Å². The van der Waals surface area contributed by atoms with E-state index in [1.807, 2.05) is 106 Å². The molecule has 6 aliphatic rings. The molecule has 0 N–H and O–H groups in total. The van der Waals surface area contributed by atoms with Crippen molar-refractivity contribution in [2.75, 3.05) is 0 Å². The third kappa shape index (κ3) is 12.6. The molecule has 127 heavy (non-hydrogen) atoms. The van der Waals surface area contributed by atoms with Crippen molar-refractivity contribution in [3.05, 3.63) is 425 Å². The molecule has 6 atom stereocenters. The number of ether oxygens (including phenoxy) is 3. The van der Waals surface area contributed by atoms with Crippen molar-refractivity contribution in [1.29, 1.82) is 0 Å². The molecule has 614 valence electrons. The molecule has 24 aromatic rings. The second kappa shape index (κ2) is 30.6. The van der Waals surface area contributed by atoms with Gasteiger partial charge in [-0.05, 0) is 151 Å². The average Bonchev–Trinajstić information content (AvgIpc) is 1.54. The Labute approximate surface area is 755 Å². The summed E-state index contributed by atoms with van der Waals surface area (Å²) in [6.07, 6.45) is 0.274. The highest BCUT2D eigenvalue weighted by Gasteiger charge is 2.58. The normalized spacial score (nSPS) is 17.9. The first kappa shape index (κ1) is 77.4. The van der Waals surface area contributed by atoms with Crippen LogP contribution in [-0.4, -0.2) is 0 Å². The second-order valence-electron chi connectivity index (χ2n) is 35.8. The van der Waals surface area contributed by atoms with Gasteiger partial charge >= 0.3 is 0 Å². The maximum Gasteiger partial charge on any atom is 0.168 e. The standard InChI is InChI=1S/C22H12S2.C20H22.2C18H10OS.C17H16O.C14H10O2.C8H6S/c1-2-8-14-13(7-1)19-15-9-3-5-11-17(15)23-21(19)22-20(14)16-10-4-6-12-18(16)24-22;1-19(2)15-11-7-5-9-13(15)18-17(19)14-10-6-8-12-16(14)20(18,3)4;1-3-7-15-11(5-1)13-10-18-14(9-16(13)19-15)12-6-2-4-8-17(12)20-18;1-3-7-15-11(5-1)13-9-10-14-12-6-2-4-8-16(12)20-18(14)17(13)19-15;1-17(2)13-9-5-3-7-11(13)16-15(17)12-8-4-6-10-14(12)18-16;1-3-7-11-9(5-1)13-14(15-11)10-6-2-4-8-12(10)16-13;1-2-4-8-7(3-1)5-6-9-8/h1-12H;5-12,17-18H,1-4H3;2*1-10H;3-10,15-16H,1-2H3;1-8,13-14H;1-6H. The van der Waals surface area contributed by atoms with Crippen LogP contribution in [0.4, 0.5) is 0 Å². The van der Waals surface area contributed by atoms with E-state index in [9.17, 15) is 0 Å². The minimum Gasteiger partial charge on any atom is -0.485 e. The van der Waals surface area contributed by atoms with Crippen LogP contribution >= 0.6 is 56.7 Å². The van der Waals surface area contributed by atoms with Crippen molar-refractivity contribution < 1.29 is 23.0 Å². The largest absolute Gasteiger partial charge is 0.485 e. The number of hydrogen-bond donors (Lipinski definition) is 0. The Morgan fingerprint density at radius 1 is 0.228 bits per heavy atom. The predicted octanol–water partition coefficient (Wildman–Crippen LogP) is 35.0. The highest BCUT2D eigenvalue weighted by molar-refractivity contribution is 7.34. The first-order chi connectivity index (χ1) is 62.3. The second-order valence-corrected chi connectivity index (χ2v) is 40.9. The predicted molar refractivity (Wildman–Crippen MR) is 541 cm³/mol. The van der Waals surface area contributed by atoms with E-state index in [1.54, 1.807) is 33.6 Å². The summed E-state index contributed by atoms with van der Waals surface area (Å²) in [6.45, 7) is 14.4. The Morgan fingerprint density at radius 3 is 1.17 bits per heavy atom. The molecule has 7 aromatic heterocycles. The molecule has 5 nitrogen and oxygen atoms in total. The van der Waals surface area contributed by atoms with Gasteiger partial charge in [0.15, 0.2) is 17.8 Å². The van der Waals surface area contributed by atoms with E-state index < -0.39 is 0 Å². The molecule has 30 rings (SSSR count). The molecule has 0 spiro atoms. The Morgan fingerprint density at radius 2 is 0.606 bits per heavy atom. The smallest absolute Gasteiger partial charge is 0.168 e. The molecule has 0 saturated heterocycles. The van der Waals surface area contributed by atoms with Gasteiger partial charge in [0.25, 0.3) is 0 Å². The van der Waals surface area contributed by atoms with Gasteiger partial charge in [-0.25, -0.2) is 0 Å². The maximum atomic E-state index is 6.19. The number of rotatable bonds is 0. The first-order valence-electron chi connectivity index (χ1n) is 43.8. The number of thiophene rings is 5. The van der Waals surface area contributed by atoms with Crippen molar-refractivity contribution in [2.45, 2.75) is 93.9 Å². The average molecular weight is 1730 g/mol. The van der Waals surface area contributed by atoms with Crippen LogP contribution in [0, 0.1) is 0 Å². The van der Waals surface area contributed by atoms with Crippen LogP contribution < -0.4 is 14.2 Å². The van der Waals surface area contributed by atoms with Gasteiger partial charge in [-0.3, -0.25) is 0 Å². The van der Waals surface area contributed by atoms with Gasteiger partial charge in [-0.15, -0.1) is 56.7 Å². The Hall–Kier alpha value is -13.2. The van der Waals surface area contributed by atoms with Crippen molar-refractivity contribution >= 4 is 202 Å². The van der Waals surface area contributed by atoms with Crippen LogP contribution in [0.3, 0.4) is 0 Å². The summed E-state index contributed by atoms with van der Waals surface area (Å²) in [5, 5.41) is 21.8. The van der Waals surface area contributed by atoms with Crippen molar-refractivity contribution in [3.63, 3.8) is 0 Å². The third-order valence-corrected chi connectivity index (χ3v) is 33.4. The van der Waals surface area contributed by atoms with E-state index in [0.29, 0.717) is 17.8 Å². The monoisotopic (exact) mass is 1730 g/mol. The topological polar surface area (TPSA) is 54.0 Å². The molecular formula is C117H86O5S5. The van der Waals surface area contributed by atoms with E-state index in [4.69, 9.17) is 23.0 Å². The molecule has 10 heteroatoms. The maximum absolute atomic E-state index is 6.19. The molecule has 0 radical (unpaired) electrons. The lowest BCUT2D eigenvalue weighted by Crippen LogP contribution is -2.25. The van der Waals surface area contributed by atoms with E-state index >= 15 is 0 Å². The van der Waals surface area contributed by atoms with E-state index in [0.717, 1.165) is 50.7 Å². The van der Waals surface area contributed by atoms with Crippen LogP contribution in [0.15, 0.2) is 384 Å².